The highest BCUT2D eigenvalue weighted by Gasteiger charge is 2.25. The van der Waals surface area contributed by atoms with Crippen LogP contribution in [0.15, 0.2) is 58.7 Å². The minimum Gasteiger partial charge on any atom is -0.325 e. The van der Waals surface area contributed by atoms with Crippen molar-refractivity contribution >= 4 is 40.8 Å². The molecule has 3 aromatic heterocycles. The molecule has 0 atom stereocenters. The van der Waals surface area contributed by atoms with Crippen LogP contribution in [0.4, 0.5) is 17.5 Å². The van der Waals surface area contributed by atoms with Gasteiger partial charge in [-0.05, 0) is 49.9 Å². The van der Waals surface area contributed by atoms with Gasteiger partial charge in [0.05, 0.1) is 6.54 Å². The quantitative estimate of drug-likeness (QED) is 0.280. The van der Waals surface area contributed by atoms with Crippen LogP contribution in [0, 0.1) is 0 Å². The summed E-state index contributed by atoms with van der Waals surface area (Å²) in [7, 11) is 0. The second-order valence-corrected chi connectivity index (χ2v) is 9.60. The first kappa shape index (κ1) is 20.3. The Morgan fingerprint density at radius 1 is 1.15 bits per heavy atom. The van der Waals surface area contributed by atoms with Gasteiger partial charge in [0.15, 0.2) is 5.82 Å². The van der Waals surface area contributed by atoms with Crippen LogP contribution in [-0.4, -0.2) is 43.1 Å². The summed E-state index contributed by atoms with van der Waals surface area (Å²) in [6.45, 7) is 0.351. The van der Waals surface area contributed by atoms with Crippen molar-refractivity contribution in [1.82, 2.24) is 29.9 Å². The molecule has 0 saturated heterocycles. The lowest BCUT2D eigenvalue weighted by Gasteiger charge is -2.09. The maximum Gasteiger partial charge on any atom is 0.238 e. The molecule has 2 saturated carbocycles. The number of fused-ring (bicyclic) bond motifs is 1. The largest absolute Gasteiger partial charge is 0.325 e. The van der Waals surface area contributed by atoms with Crippen LogP contribution >= 0.6 is 11.8 Å². The van der Waals surface area contributed by atoms with Crippen molar-refractivity contribution in [3.63, 3.8) is 0 Å². The highest BCUT2D eigenvalue weighted by molar-refractivity contribution is 7.99. The smallest absolute Gasteiger partial charge is 0.238 e. The Balaban J connectivity index is 1.15. The molecule has 2 aliphatic carbocycles. The summed E-state index contributed by atoms with van der Waals surface area (Å²) >= 11 is 1.54. The van der Waals surface area contributed by atoms with Crippen LogP contribution < -0.4 is 16.0 Å². The molecule has 6 rings (SSSR count). The molecule has 2 fully saturated rings. The van der Waals surface area contributed by atoms with Gasteiger partial charge in [-0.15, -0.1) is 0 Å². The van der Waals surface area contributed by atoms with E-state index in [1.807, 2.05) is 40.9 Å². The van der Waals surface area contributed by atoms with Crippen molar-refractivity contribution in [3.05, 3.63) is 54.5 Å². The molecule has 1 aromatic carbocycles. The zero-order valence-corrected chi connectivity index (χ0v) is 18.7. The SMILES string of the molecule is O=C(CNC1CC1)Nc1ccc(Sc2cc3nccn3c(Nc3cc(C4CC4)[nH]n3)n2)cc1. The predicted octanol–water partition coefficient (Wildman–Crippen LogP) is 3.92. The lowest BCUT2D eigenvalue weighted by Crippen LogP contribution is -2.29. The molecule has 1 amide bonds. The van der Waals surface area contributed by atoms with Crippen molar-refractivity contribution in [2.45, 2.75) is 47.6 Å². The molecule has 168 valence electrons. The van der Waals surface area contributed by atoms with Crippen molar-refractivity contribution in [1.29, 1.82) is 0 Å². The van der Waals surface area contributed by atoms with E-state index in [2.05, 4.69) is 37.2 Å². The van der Waals surface area contributed by atoms with Crippen LogP contribution in [-0.2, 0) is 4.79 Å². The highest BCUT2D eigenvalue weighted by Crippen LogP contribution is 2.39. The number of hydrogen-bond acceptors (Lipinski definition) is 7. The number of anilines is 3. The second kappa shape index (κ2) is 8.53. The zero-order chi connectivity index (χ0) is 22.2. The van der Waals surface area contributed by atoms with E-state index >= 15 is 0 Å². The van der Waals surface area contributed by atoms with Gasteiger partial charge in [-0.25, -0.2) is 9.97 Å². The standard InChI is InChI=1S/C23H24N8OS/c32-21(13-25-15-3-4-15)26-16-5-7-17(8-6-16)33-22-12-20-24-9-10-31(20)23(28-22)27-19-11-18(29-30-19)14-1-2-14/h5-12,14-15,25H,1-4,13H2,(H,26,32)(H2,27,28,29,30). The Hall–Kier alpha value is -3.37. The Bertz CT molecular complexity index is 1290. The van der Waals surface area contributed by atoms with Gasteiger partial charge in [0, 0.05) is 52.8 Å². The van der Waals surface area contributed by atoms with Gasteiger partial charge in [0.2, 0.25) is 11.9 Å². The van der Waals surface area contributed by atoms with E-state index < -0.39 is 0 Å². The molecule has 0 aliphatic heterocycles. The number of aromatic amines is 1. The molecule has 9 nitrogen and oxygen atoms in total. The molecule has 0 radical (unpaired) electrons. The summed E-state index contributed by atoms with van der Waals surface area (Å²) in [5, 5.41) is 17.8. The molecule has 33 heavy (non-hydrogen) atoms. The average molecular weight is 461 g/mol. The number of aromatic nitrogens is 5. The zero-order valence-electron chi connectivity index (χ0n) is 17.9. The molecule has 0 bridgehead atoms. The Kier molecular flexibility index (Phi) is 5.23. The highest BCUT2D eigenvalue weighted by atomic mass is 32.2. The summed E-state index contributed by atoms with van der Waals surface area (Å²) in [4.78, 5) is 22.3. The number of benzene rings is 1. The van der Waals surface area contributed by atoms with E-state index in [-0.39, 0.29) is 5.91 Å². The van der Waals surface area contributed by atoms with Gasteiger partial charge in [0.25, 0.3) is 0 Å². The topological polar surface area (TPSA) is 112 Å². The van der Waals surface area contributed by atoms with Gasteiger partial charge in [0.1, 0.15) is 10.7 Å². The lowest BCUT2D eigenvalue weighted by atomic mass is 10.3. The minimum absolute atomic E-state index is 0.0207. The molecule has 0 unspecified atom stereocenters. The molecule has 4 aromatic rings. The monoisotopic (exact) mass is 460 g/mol. The minimum atomic E-state index is -0.0207. The van der Waals surface area contributed by atoms with Crippen LogP contribution in [0.5, 0.6) is 0 Å². The third-order valence-electron chi connectivity index (χ3n) is 5.71. The maximum absolute atomic E-state index is 12.0. The van der Waals surface area contributed by atoms with E-state index in [1.54, 1.807) is 18.0 Å². The van der Waals surface area contributed by atoms with Gasteiger partial charge < -0.3 is 16.0 Å². The molecular formula is C23H24N8OS. The third-order valence-corrected chi connectivity index (χ3v) is 6.64. The fourth-order valence-corrected chi connectivity index (χ4v) is 4.43. The first-order chi connectivity index (χ1) is 16.2. The predicted molar refractivity (Wildman–Crippen MR) is 127 cm³/mol. The van der Waals surface area contributed by atoms with Crippen molar-refractivity contribution < 1.29 is 4.79 Å². The number of hydrogen-bond donors (Lipinski definition) is 4. The Morgan fingerprint density at radius 2 is 2.00 bits per heavy atom. The number of carbonyl (C=O) groups excluding carboxylic acids is 1. The fraction of sp³-hybridized carbons (Fsp3) is 0.304. The van der Waals surface area contributed by atoms with Crippen LogP contribution in [0.25, 0.3) is 5.65 Å². The van der Waals surface area contributed by atoms with Crippen molar-refractivity contribution in [3.8, 4) is 0 Å². The van der Waals surface area contributed by atoms with E-state index in [4.69, 9.17) is 4.98 Å². The maximum atomic E-state index is 12.0. The number of carbonyl (C=O) groups is 1. The van der Waals surface area contributed by atoms with E-state index in [1.165, 1.54) is 18.5 Å². The van der Waals surface area contributed by atoms with Crippen LogP contribution in [0.2, 0.25) is 0 Å². The number of amides is 1. The summed E-state index contributed by atoms with van der Waals surface area (Å²) in [6, 6.07) is 12.3. The van der Waals surface area contributed by atoms with E-state index in [9.17, 15) is 4.79 Å². The summed E-state index contributed by atoms with van der Waals surface area (Å²) < 4.78 is 1.91. The number of nitrogens with zero attached hydrogens (tertiary/aromatic N) is 4. The Labute approximate surface area is 194 Å². The number of rotatable bonds is 9. The average Bonchev–Trinajstić information content (AvgIpc) is 3.74. The van der Waals surface area contributed by atoms with E-state index in [0.717, 1.165) is 39.9 Å². The number of nitrogens with one attached hydrogen (secondary N) is 4. The van der Waals surface area contributed by atoms with Crippen molar-refractivity contribution in [2.75, 3.05) is 17.2 Å². The first-order valence-electron chi connectivity index (χ1n) is 11.2. The molecule has 10 heteroatoms. The van der Waals surface area contributed by atoms with Gasteiger partial charge in [-0.1, -0.05) is 11.8 Å². The molecule has 4 N–H and O–H groups in total. The molecule has 0 spiro atoms. The summed E-state index contributed by atoms with van der Waals surface area (Å²) in [5.74, 6) is 2.00. The first-order valence-corrected chi connectivity index (χ1v) is 12.0. The van der Waals surface area contributed by atoms with Gasteiger partial charge in [-0.2, -0.15) is 5.10 Å². The normalized spacial score (nSPS) is 15.6. The second-order valence-electron chi connectivity index (χ2n) is 8.51. The van der Waals surface area contributed by atoms with Crippen LogP contribution in [0.3, 0.4) is 0 Å². The fourth-order valence-electron chi connectivity index (χ4n) is 3.62. The molecule has 3 heterocycles. The van der Waals surface area contributed by atoms with Gasteiger partial charge >= 0.3 is 0 Å². The summed E-state index contributed by atoms with van der Waals surface area (Å²) in [6.07, 6.45) is 8.40. The number of H-pyrrole nitrogens is 1. The summed E-state index contributed by atoms with van der Waals surface area (Å²) in [5.41, 5.74) is 2.76. The molecule has 2 aliphatic rings. The Morgan fingerprint density at radius 3 is 2.79 bits per heavy atom. The number of imidazole rings is 1. The lowest BCUT2D eigenvalue weighted by molar-refractivity contribution is -0.115. The van der Waals surface area contributed by atoms with Gasteiger partial charge in [-0.3, -0.25) is 14.3 Å². The van der Waals surface area contributed by atoms with E-state index in [0.29, 0.717) is 24.5 Å². The van der Waals surface area contributed by atoms with Crippen LogP contribution in [0.1, 0.15) is 37.3 Å². The molecular weight excluding hydrogens is 436 g/mol. The third kappa shape index (κ3) is 4.86. The van der Waals surface area contributed by atoms with Crippen molar-refractivity contribution in [2.24, 2.45) is 0 Å².